The average Bonchev–Trinajstić information content (AvgIpc) is 3.44. The molecule has 1 aliphatic heterocycles. The van der Waals surface area contributed by atoms with Crippen LogP contribution in [0.15, 0.2) is 82.6 Å². The first-order chi connectivity index (χ1) is 20.7. The van der Waals surface area contributed by atoms with E-state index in [-0.39, 0.29) is 35.6 Å². The maximum atomic E-state index is 14.0. The summed E-state index contributed by atoms with van der Waals surface area (Å²) in [6, 6.07) is 11.2. The minimum absolute atomic E-state index is 0.0400. The summed E-state index contributed by atoms with van der Waals surface area (Å²) in [6.07, 6.45) is -12.9. The van der Waals surface area contributed by atoms with Gasteiger partial charge in [-0.2, -0.15) is 26.3 Å². The summed E-state index contributed by atoms with van der Waals surface area (Å²) in [6.45, 7) is 0.723. The Morgan fingerprint density at radius 3 is 1.82 bits per heavy atom. The van der Waals surface area contributed by atoms with E-state index in [1.54, 1.807) is 0 Å². The van der Waals surface area contributed by atoms with Crippen molar-refractivity contribution in [2.75, 3.05) is 18.8 Å². The molecule has 1 fully saturated rings. The highest BCUT2D eigenvalue weighted by atomic mass is 32.2. The van der Waals surface area contributed by atoms with Crippen LogP contribution in [0.4, 0.5) is 30.7 Å². The molecular weight excluding hydrogens is 655 g/mol. The SMILES string of the molecule is CCS(=O)(=O)c1ccc(CC(=O)N2CCC(c3ccc(C(O)(C(F)(F)F)C(F)(F)F)cc3)(S(=O)(=O)c3ccc(F)cc3)C2)cc1. The van der Waals surface area contributed by atoms with Gasteiger partial charge in [0.25, 0.3) is 5.60 Å². The summed E-state index contributed by atoms with van der Waals surface area (Å²) in [4.78, 5) is 14.1. The summed E-state index contributed by atoms with van der Waals surface area (Å²) in [5.74, 6) is -1.50. The number of hydrogen-bond donors (Lipinski definition) is 1. The van der Waals surface area contributed by atoms with Gasteiger partial charge in [-0.25, -0.2) is 21.2 Å². The summed E-state index contributed by atoms with van der Waals surface area (Å²) < 4.78 is 144. The van der Waals surface area contributed by atoms with E-state index in [4.69, 9.17) is 0 Å². The monoisotopic (exact) mass is 681 g/mol. The van der Waals surface area contributed by atoms with Gasteiger partial charge in [-0.3, -0.25) is 4.79 Å². The summed E-state index contributed by atoms with van der Waals surface area (Å²) in [5.41, 5.74) is -6.70. The maximum Gasteiger partial charge on any atom is 0.430 e. The van der Waals surface area contributed by atoms with E-state index in [2.05, 4.69) is 0 Å². The van der Waals surface area contributed by atoms with Crippen LogP contribution in [0.25, 0.3) is 0 Å². The van der Waals surface area contributed by atoms with Crippen LogP contribution in [0.2, 0.25) is 0 Å². The van der Waals surface area contributed by atoms with Crippen LogP contribution in [-0.2, 0) is 41.2 Å². The van der Waals surface area contributed by atoms with Gasteiger partial charge in [-0.05, 0) is 53.9 Å². The molecule has 4 rings (SSSR count). The molecule has 0 spiro atoms. The largest absolute Gasteiger partial charge is 0.430 e. The smallest absolute Gasteiger partial charge is 0.369 e. The number of hydrogen-bond acceptors (Lipinski definition) is 6. The number of aliphatic hydroxyl groups is 1. The first kappa shape index (κ1) is 34.4. The molecule has 0 aliphatic carbocycles. The molecule has 16 heteroatoms. The molecule has 1 amide bonds. The lowest BCUT2D eigenvalue weighted by atomic mass is 9.89. The Balaban J connectivity index is 1.73. The molecule has 1 atom stereocenters. The van der Waals surface area contributed by atoms with Gasteiger partial charge >= 0.3 is 12.4 Å². The van der Waals surface area contributed by atoms with Gasteiger partial charge in [0.1, 0.15) is 10.6 Å². The number of benzene rings is 3. The van der Waals surface area contributed by atoms with E-state index in [0.717, 1.165) is 41.3 Å². The number of rotatable bonds is 8. The fraction of sp³-hybridized carbons (Fsp3) is 0.345. The fourth-order valence-corrected chi connectivity index (χ4v) is 8.18. The van der Waals surface area contributed by atoms with Crippen LogP contribution >= 0.6 is 0 Å². The Bertz CT molecular complexity index is 1760. The Kier molecular flexibility index (Phi) is 8.94. The Morgan fingerprint density at radius 1 is 0.822 bits per heavy atom. The zero-order valence-electron chi connectivity index (χ0n) is 23.4. The highest BCUT2D eigenvalue weighted by Crippen LogP contribution is 2.51. The van der Waals surface area contributed by atoms with E-state index in [1.165, 1.54) is 31.2 Å². The number of sulfone groups is 2. The number of likely N-dealkylation sites (tertiary alicyclic amines) is 1. The predicted octanol–water partition coefficient (Wildman–Crippen LogP) is 5.08. The molecule has 1 saturated heterocycles. The van der Waals surface area contributed by atoms with E-state index in [1.807, 2.05) is 0 Å². The second kappa shape index (κ2) is 11.7. The number of carbonyl (C=O) groups excluding carboxylic acids is 1. The van der Waals surface area contributed by atoms with E-state index in [9.17, 15) is 57.5 Å². The number of halogens is 7. The second-order valence-corrected chi connectivity index (χ2v) is 15.1. The number of amides is 1. The van der Waals surface area contributed by atoms with E-state index >= 15 is 0 Å². The van der Waals surface area contributed by atoms with Crippen LogP contribution in [0, 0.1) is 5.82 Å². The zero-order valence-corrected chi connectivity index (χ0v) is 25.0. The molecule has 7 nitrogen and oxygen atoms in total. The van der Waals surface area contributed by atoms with Crippen molar-refractivity contribution < 1.29 is 57.5 Å². The van der Waals surface area contributed by atoms with Gasteiger partial charge in [0, 0.05) is 18.7 Å². The normalized spacial score (nSPS) is 18.3. The molecule has 0 bridgehead atoms. The van der Waals surface area contributed by atoms with Crippen molar-refractivity contribution in [1.29, 1.82) is 0 Å². The molecule has 1 aliphatic rings. The lowest BCUT2D eigenvalue weighted by Gasteiger charge is -2.34. The Labute approximate surface area is 254 Å². The quantitative estimate of drug-likeness (QED) is 0.263. The number of alkyl halides is 6. The van der Waals surface area contributed by atoms with Crippen molar-refractivity contribution in [2.24, 2.45) is 0 Å². The third-order valence-corrected chi connectivity index (χ3v) is 12.1. The Morgan fingerprint density at radius 2 is 1.33 bits per heavy atom. The standard InChI is InChI=1S/C29H26F7NO6S2/c1-2-44(40,41)23-11-3-19(4-12-23)17-25(38)37-16-15-26(18-37,45(42,43)24-13-9-22(30)10-14-24)20-5-7-21(8-6-20)27(39,28(31,32)33)29(34,35)36/h3-14,39H,2,15-18H2,1H3. The molecule has 0 saturated carbocycles. The van der Waals surface area contributed by atoms with Crippen molar-refractivity contribution in [3.8, 4) is 0 Å². The second-order valence-electron chi connectivity index (χ2n) is 10.5. The minimum atomic E-state index is -6.17. The third-order valence-electron chi connectivity index (χ3n) is 7.89. The third kappa shape index (κ3) is 6.06. The molecule has 3 aromatic carbocycles. The van der Waals surface area contributed by atoms with Crippen molar-refractivity contribution >= 4 is 25.6 Å². The summed E-state index contributed by atoms with van der Waals surface area (Å²) in [7, 11) is -8.08. The molecule has 3 aromatic rings. The van der Waals surface area contributed by atoms with Crippen molar-refractivity contribution in [3.05, 3.63) is 95.3 Å². The van der Waals surface area contributed by atoms with Gasteiger partial charge in [-0.15, -0.1) is 0 Å². The maximum absolute atomic E-state index is 14.0. The fourth-order valence-electron chi connectivity index (χ4n) is 5.22. The summed E-state index contributed by atoms with van der Waals surface area (Å²) >= 11 is 0. The number of nitrogens with zero attached hydrogens (tertiary/aromatic N) is 1. The highest BCUT2D eigenvalue weighted by Gasteiger charge is 2.71. The molecule has 0 radical (unpaired) electrons. The molecule has 1 N–H and O–H groups in total. The lowest BCUT2D eigenvalue weighted by Crippen LogP contribution is -2.54. The first-order valence-electron chi connectivity index (χ1n) is 13.3. The van der Waals surface area contributed by atoms with Gasteiger partial charge in [0.15, 0.2) is 19.7 Å². The van der Waals surface area contributed by atoms with Gasteiger partial charge in [0.05, 0.1) is 22.0 Å². The molecular formula is C29H26F7NO6S2. The Hall–Kier alpha value is -3.50. The van der Waals surface area contributed by atoms with Crippen LogP contribution in [0.1, 0.15) is 30.0 Å². The lowest BCUT2D eigenvalue weighted by molar-refractivity contribution is -0.376. The van der Waals surface area contributed by atoms with E-state index < -0.39 is 71.1 Å². The molecule has 0 aromatic heterocycles. The van der Waals surface area contributed by atoms with Gasteiger partial charge in [-0.1, -0.05) is 43.3 Å². The topological polar surface area (TPSA) is 109 Å². The van der Waals surface area contributed by atoms with Gasteiger partial charge in [0.2, 0.25) is 5.91 Å². The van der Waals surface area contributed by atoms with Crippen LogP contribution < -0.4 is 0 Å². The van der Waals surface area contributed by atoms with Crippen molar-refractivity contribution in [1.82, 2.24) is 4.90 Å². The van der Waals surface area contributed by atoms with Crippen LogP contribution in [0.5, 0.6) is 0 Å². The minimum Gasteiger partial charge on any atom is -0.369 e. The van der Waals surface area contributed by atoms with E-state index in [0.29, 0.717) is 17.7 Å². The summed E-state index contributed by atoms with van der Waals surface area (Å²) in [5, 5.41) is 9.78. The van der Waals surface area contributed by atoms with Crippen molar-refractivity contribution in [3.63, 3.8) is 0 Å². The molecule has 1 unspecified atom stereocenters. The first-order valence-corrected chi connectivity index (χ1v) is 16.4. The van der Waals surface area contributed by atoms with Gasteiger partial charge < -0.3 is 10.0 Å². The highest BCUT2D eigenvalue weighted by molar-refractivity contribution is 7.92. The predicted molar refractivity (Wildman–Crippen MR) is 147 cm³/mol. The number of carbonyl (C=O) groups is 1. The van der Waals surface area contributed by atoms with Crippen LogP contribution in [-0.4, -0.2) is 63.9 Å². The van der Waals surface area contributed by atoms with Crippen molar-refractivity contribution in [2.45, 2.75) is 52.3 Å². The zero-order chi connectivity index (χ0) is 33.6. The molecule has 1 heterocycles. The van der Waals surface area contributed by atoms with Crippen LogP contribution in [0.3, 0.4) is 0 Å². The average molecular weight is 682 g/mol. The molecule has 244 valence electrons. The molecule has 45 heavy (non-hydrogen) atoms.